The summed E-state index contributed by atoms with van der Waals surface area (Å²) in [6, 6.07) is -0.572. The average Bonchev–Trinajstić information content (AvgIpc) is 2.22. The van der Waals surface area contributed by atoms with Gasteiger partial charge in [-0.25, -0.2) is 4.79 Å². The summed E-state index contributed by atoms with van der Waals surface area (Å²) in [7, 11) is 1.24. The van der Waals surface area contributed by atoms with Gasteiger partial charge in [0.2, 0.25) is 0 Å². The second-order valence-corrected chi connectivity index (χ2v) is 2.48. The minimum Gasteiger partial charge on any atom is -0.453 e. The smallest absolute Gasteiger partial charge is 0.407 e. The summed E-state index contributed by atoms with van der Waals surface area (Å²) in [4.78, 5) is 20.9. The van der Waals surface area contributed by atoms with E-state index in [0.29, 0.717) is 6.29 Å². The molecule has 0 aromatic heterocycles. The summed E-state index contributed by atoms with van der Waals surface area (Å²) in [5.74, 6) is 6.83. The molecule has 0 fully saturated rings. The molecule has 0 saturated carbocycles. The predicted molar refractivity (Wildman–Crippen MR) is 51.2 cm³/mol. The molecule has 14 heavy (non-hydrogen) atoms. The molecule has 2 atom stereocenters. The number of amides is 1. The molecule has 0 rings (SSSR count). The van der Waals surface area contributed by atoms with Crippen LogP contribution in [0.25, 0.3) is 0 Å². The van der Waals surface area contributed by atoms with Crippen molar-refractivity contribution < 1.29 is 14.3 Å². The quantitative estimate of drug-likeness (QED) is 0.503. The van der Waals surface area contributed by atoms with E-state index in [0.717, 1.165) is 0 Å². The lowest BCUT2D eigenvalue weighted by atomic mass is 10.0. The number of aldehydes is 1. The van der Waals surface area contributed by atoms with Gasteiger partial charge in [0.05, 0.1) is 7.11 Å². The summed E-state index contributed by atoms with van der Waals surface area (Å²) in [5, 5.41) is 2.42. The van der Waals surface area contributed by atoms with Gasteiger partial charge >= 0.3 is 6.09 Å². The van der Waals surface area contributed by atoms with Gasteiger partial charge in [-0.1, -0.05) is 5.92 Å². The first kappa shape index (κ1) is 12.1. The standard InChI is InChI=1S/C10H11NO3/c1-4-8(2)9(6-5-7-12)11-10(13)14-3/h1,7-9H,2-3H3,(H,11,13). The molecule has 0 aromatic carbocycles. The molecule has 2 unspecified atom stereocenters. The minimum absolute atomic E-state index is 0.290. The third-order valence-electron chi connectivity index (χ3n) is 1.52. The van der Waals surface area contributed by atoms with Crippen molar-refractivity contribution in [1.82, 2.24) is 5.32 Å². The number of hydrogen-bond acceptors (Lipinski definition) is 3. The van der Waals surface area contributed by atoms with E-state index < -0.39 is 12.1 Å². The lowest BCUT2D eigenvalue weighted by Crippen LogP contribution is -2.37. The van der Waals surface area contributed by atoms with Crippen molar-refractivity contribution in [2.45, 2.75) is 13.0 Å². The van der Waals surface area contributed by atoms with Gasteiger partial charge in [0.25, 0.3) is 0 Å². The van der Waals surface area contributed by atoms with Crippen molar-refractivity contribution in [1.29, 1.82) is 0 Å². The van der Waals surface area contributed by atoms with Crippen LogP contribution in [0.15, 0.2) is 0 Å². The van der Waals surface area contributed by atoms with Crippen LogP contribution in [0.3, 0.4) is 0 Å². The molecule has 1 amide bonds. The van der Waals surface area contributed by atoms with Crippen molar-refractivity contribution in [3.8, 4) is 24.2 Å². The molecule has 0 aliphatic carbocycles. The van der Waals surface area contributed by atoms with Gasteiger partial charge in [0, 0.05) is 5.92 Å². The molecule has 74 valence electrons. The highest BCUT2D eigenvalue weighted by atomic mass is 16.5. The Bertz CT molecular complexity index is 306. The van der Waals surface area contributed by atoms with Crippen LogP contribution in [0.5, 0.6) is 0 Å². The third-order valence-corrected chi connectivity index (χ3v) is 1.52. The fourth-order valence-electron chi connectivity index (χ4n) is 0.692. The third kappa shape index (κ3) is 4.18. The fourth-order valence-corrected chi connectivity index (χ4v) is 0.692. The SMILES string of the molecule is C#CC(C)C(C#CC=O)NC(=O)OC. The zero-order valence-electron chi connectivity index (χ0n) is 8.03. The van der Waals surface area contributed by atoms with Crippen LogP contribution >= 0.6 is 0 Å². The number of rotatable bonds is 2. The highest BCUT2D eigenvalue weighted by Crippen LogP contribution is 2.00. The second-order valence-electron chi connectivity index (χ2n) is 2.48. The van der Waals surface area contributed by atoms with Gasteiger partial charge in [-0.15, -0.1) is 12.3 Å². The average molecular weight is 193 g/mol. The van der Waals surface area contributed by atoms with E-state index >= 15 is 0 Å². The largest absolute Gasteiger partial charge is 0.453 e. The van der Waals surface area contributed by atoms with E-state index in [-0.39, 0.29) is 5.92 Å². The number of nitrogens with one attached hydrogen (secondary N) is 1. The summed E-state index contributed by atoms with van der Waals surface area (Å²) < 4.78 is 4.38. The number of hydrogen-bond donors (Lipinski definition) is 1. The van der Waals surface area contributed by atoms with E-state index in [1.165, 1.54) is 7.11 Å². The highest BCUT2D eigenvalue weighted by molar-refractivity contribution is 5.73. The van der Waals surface area contributed by atoms with Gasteiger partial charge in [0.1, 0.15) is 6.04 Å². The number of alkyl carbamates (subject to hydrolysis) is 1. The molecule has 0 radical (unpaired) electrons. The van der Waals surface area contributed by atoms with Gasteiger partial charge < -0.3 is 10.1 Å². The summed E-state index contributed by atoms with van der Waals surface area (Å²) >= 11 is 0. The summed E-state index contributed by atoms with van der Waals surface area (Å²) in [6.45, 7) is 1.71. The molecule has 4 heteroatoms. The Morgan fingerprint density at radius 1 is 1.64 bits per heavy atom. The van der Waals surface area contributed by atoms with Crippen molar-refractivity contribution in [2.75, 3.05) is 7.11 Å². The highest BCUT2D eigenvalue weighted by Gasteiger charge is 2.15. The maximum atomic E-state index is 10.8. The number of carbonyl (C=O) groups is 2. The number of terminal acetylenes is 1. The van der Waals surface area contributed by atoms with Crippen LogP contribution in [0.1, 0.15) is 6.92 Å². The molecule has 0 heterocycles. The molecule has 4 nitrogen and oxygen atoms in total. The van der Waals surface area contributed by atoms with E-state index in [1.807, 2.05) is 0 Å². The molecular formula is C10H11NO3. The van der Waals surface area contributed by atoms with Crippen LogP contribution in [0.2, 0.25) is 0 Å². The molecule has 0 saturated heterocycles. The number of methoxy groups -OCH3 is 1. The first-order chi connectivity index (χ1) is 6.65. The van der Waals surface area contributed by atoms with Crippen LogP contribution in [-0.2, 0) is 9.53 Å². The maximum Gasteiger partial charge on any atom is 0.407 e. The van der Waals surface area contributed by atoms with E-state index in [2.05, 4.69) is 27.8 Å². The maximum absolute atomic E-state index is 10.8. The number of carbonyl (C=O) groups excluding carboxylic acids is 2. The Balaban J connectivity index is 4.49. The van der Waals surface area contributed by atoms with Gasteiger partial charge in [0.15, 0.2) is 6.29 Å². The number of ether oxygens (including phenoxy) is 1. The minimum atomic E-state index is -0.628. The van der Waals surface area contributed by atoms with Crippen LogP contribution in [-0.4, -0.2) is 25.5 Å². The fraction of sp³-hybridized carbons (Fsp3) is 0.400. The molecule has 0 aromatic rings. The van der Waals surface area contributed by atoms with Crippen LogP contribution < -0.4 is 5.32 Å². The van der Waals surface area contributed by atoms with Crippen molar-refractivity contribution >= 4 is 12.4 Å². The zero-order valence-corrected chi connectivity index (χ0v) is 8.03. The molecule has 0 aliphatic rings. The molecule has 1 N–H and O–H groups in total. The first-order valence-electron chi connectivity index (χ1n) is 3.91. The monoisotopic (exact) mass is 193 g/mol. The second kappa shape index (κ2) is 6.56. The van der Waals surface area contributed by atoms with Gasteiger partial charge in [-0.3, -0.25) is 4.79 Å². The Kier molecular flexibility index (Phi) is 5.65. The lowest BCUT2D eigenvalue weighted by Gasteiger charge is -2.14. The molecule has 0 aliphatic heterocycles. The van der Waals surface area contributed by atoms with E-state index in [4.69, 9.17) is 6.42 Å². The topological polar surface area (TPSA) is 55.4 Å². The van der Waals surface area contributed by atoms with Crippen molar-refractivity contribution in [3.05, 3.63) is 0 Å². The summed E-state index contributed by atoms with van der Waals surface area (Å²) in [6.07, 6.45) is 4.98. The molecular weight excluding hydrogens is 182 g/mol. The Labute approximate surface area is 83.0 Å². The van der Waals surface area contributed by atoms with Crippen LogP contribution in [0, 0.1) is 30.1 Å². The van der Waals surface area contributed by atoms with Crippen LogP contribution in [0.4, 0.5) is 4.79 Å². The van der Waals surface area contributed by atoms with E-state index in [9.17, 15) is 9.59 Å². The Morgan fingerprint density at radius 2 is 2.29 bits per heavy atom. The van der Waals surface area contributed by atoms with E-state index in [1.54, 1.807) is 6.92 Å². The predicted octanol–water partition coefficient (Wildman–Crippen LogP) is 0.183. The molecule has 0 bridgehead atoms. The first-order valence-corrected chi connectivity index (χ1v) is 3.91. The Hall–Kier alpha value is -1.94. The zero-order chi connectivity index (χ0) is 11.0. The summed E-state index contributed by atoms with van der Waals surface area (Å²) in [5.41, 5.74) is 0. The van der Waals surface area contributed by atoms with Crippen molar-refractivity contribution in [3.63, 3.8) is 0 Å². The lowest BCUT2D eigenvalue weighted by molar-refractivity contribution is -0.103. The molecule has 0 spiro atoms. The van der Waals surface area contributed by atoms with Gasteiger partial charge in [-0.2, -0.15) is 0 Å². The van der Waals surface area contributed by atoms with Crippen molar-refractivity contribution in [2.24, 2.45) is 5.92 Å². The Morgan fingerprint density at radius 3 is 2.71 bits per heavy atom. The normalized spacial score (nSPS) is 12.4. The van der Waals surface area contributed by atoms with Gasteiger partial charge in [-0.05, 0) is 12.8 Å².